The Balaban J connectivity index is 1.75. The third kappa shape index (κ3) is 8.04. The van der Waals surface area contributed by atoms with Crippen LogP contribution in [0.2, 0.25) is 0 Å². The second-order valence-electron chi connectivity index (χ2n) is 8.42. The summed E-state index contributed by atoms with van der Waals surface area (Å²) in [4.78, 5) is 12.5. The van der Waals surface area contributed by atoms with Gasteiger partial charge in [-0.15, -0.1) is 0 Å². The number of ether oxygens (including phenoxy) is 2. The molecule has 0 unspecified atom stereocenters. The first-order valence-electron chi connectivity index (χ1n) is 12.0. The fraction of sp³-hybridized carbons (Fsp3) is 0.296. The molecule has 13 heteroatoms. The van der Waals surface area contributed by atoms with E-state index in [9.17, 15) is 30.8 Å². The van der Waals surface area contributed by atoms with E-state index in [1.54, 1.807) is 18.2 Å². The van der Waals surface area contributed by atoms with Gasteiger partial charge in [-0.3, -0.25) is 9.10 Å². The van der Waals surface area contributed by atoms with Gasteiger partial charge < -0.3 is 14.8 Å². The van der Waals surface area contributed by atoms with Gasteiger partial charge in [0.2, 0.25) is 5.91 Å². The van der Waals surface area contributed by atoms with Gasteiger partial charge >= 0.3 is 6.18 Å². The molecule has 0 aliphatic heterocycles. The van der Waals surface area contributed by atoms with Crippen LogP contribution in [0.1, 0.15) is 17.5 Å². The summed E-state index contributed by atoms with van der Waals surface area (Å²) in [5.41, 5.74) is -0.835. The van der Waals surface area contributed by atoms with Crippen molar-refractivity contribution in [2.24, 2.45) is 0 Å². The summed E-state index contributed by atoms with van der Waals surface area (Å²) in [6.45, 7) is -0.573. The van der Waals surface area contributed by atoms with Gasteiger partial charge in [0.05, 0.1) is 30.4 Å². The number of nitrogens with one attached hydrogen (secondary N) is 1. The Hall–Kier alpha value is -3.45. The van der Waals surface area contributed by atoms with Crippen LogP contribution in [0, 0.1) is 5.82 Å². The van der Waals surface area contributed by atoms with Gasteiger partial charge in [-0.1, -0.05) is 24.3 Å². The molecule has 0 aliphatic rings. The summed E-state index contributed by atoms with van der Waals surface area (Å²) in [6, 6.07) is 13.9. The van der Waals surface area contributed by atoms with Crippen molar-refractivity contribution >= 4 is 33.4 Å². The third-order valence-electron chi connectivity index (χ3n) is 5.69. The number of amides is 1. The zero-order valence-corrected chi connectivity index (χ0v) is 23.3. The standard InChI is InChI=1S/C27H28F4N2O5S2/c1-37-24-12-11-22(16-25(24)38-2)40(35,36)33(21-9-5-8-20(15-21)27(29,30)31)17-26(34)32-13-6-14-39-18-19-7-3-4-10-23(19)28/h3-5,7-12,15-16H,6,13-14,17-18H2,1-2H3,(H,32,34). The van der Waals surface area contributed by atoms with Crippen LogP contribution < -0.4 is 19.1 Å². The minimum atomic E-state index is -4.72. The highest BCUT2D eigenvalue weighted by Crippen LogP contribution is 2.35. The number of alkyl halides is 3. The molecule has 3 aromatic carbocycles. The largest absolute Gasteiger partial charge is 0.493 e. The molecule has 7 nitrogen and oxygen atoms in total. The van der Waals surface area contributed by atoms with Crippen molar-refractivity contribution in [1.29, 1.82) is 0 Å². The number of nitrogens with zero attached hydrogens (tertiary/aromatic N) is 1. The van der Waals surface area contributed by atoms with Gasteiger partial charge in [-0.25, -0.2) is 12.8 Å². The number of benzene rings is 3. The van der Waals surface area contributed by atoms with E-state index in [1.807, 2.05) is 0 Å². The van der Waals surface area contributed by atoms with Crippen LogP contribution in [0.3, 0.4) is 0 Å². The summed E-state index contributed by atoms with van der Waals surface area (Å²) in [6.07, 6.45) is -4.21. The second-order valence-corrected chi connectivity index (χ2v) is 11.4. The van der Waals surface area contributed by atoms with Crippen LogP contribution >= 0.6 is 11.8 Å². The summed E-state index contributed by atoms with van der Waals surface area (Å²) in [5, 5.41) is 2.60. The summed E-state index contributed by atoms with van der Waals surface area (Å²) in [7, 11) is -1.84. The molecule has 0 saturated carbocycles. The Morgan fingerprint density at radius 3 is 2.38 bits per heavy atom. The first kappa shape index (κ1) is 31.1. The van der Waals surface area contributed by atoms with Crippen LogP contribution in [0.15, 0.2) is 71.6 Å². The van der Waals surface area contributed by atoms with Crippen LogP contribution in [0.4, 0.5) is 23.2 Å². The number of thioether (sulfide) groups is 1. The SMILES string of the molecule is COc1ccc(S(=O)(=O)N(CC(=O)NCCCSCc2ccccc2F)c2cccc(C(F)(F)F)c2)cc1OC. The number of hydrogen-bond acceptors (Lipinski definition) is 6. The molecule has 40 heavy (non-hydrogen) atoms. The minimum absolute atomic E-state index is 0.0879. The first-order chi connectivity index (χ1) is 19.0. The maximum Gasteiger partial charge on any atom is 0.416 e. The smallest absolute Gasteiger partial charge is 0.416 e. The van der Waals surface area contributed by atoms with Crippen molar-refractivity contribution < 1.29 is 40.2 Å². The Labute approximate surface area is 234 Å². The number of anilines is 1. The van der Waals surface area contributed by atoms with E-state index in [-0.39, 0.29) is 34.4 Å². The maximum atomic E-state index is 13.7. The molecule has 0 aromatic heterocycles. The van der Waals surface area contributed by atoms with Crippen molar-refractivity contribution in [3.05, 3.63) is 83.7 Å². The van der Waals surface area contributed by atoms with Crippen molar-refractivity contribution in [2.45, 2.75) is 23.2 Å². The normalized spacial score (nSPS) is 11.7. The molecule has 3 aromatic rings. The van der Waals surface area contributed by atoms with E-state index in [0.29, 0.717) is 33.9 Å². The van der Waals surface area contributed by atoms with E-state index in [4.69, 9.17) is 9.47 Å². The molecule has 1 N–H and O–H groups in total. The summed E-state index contributed by atoms with van der Waals surface area (Å²) in [5.74, 6) is 0.375. The van der Waals surface area contributed by atoms with Gasteiger partial charge in [0.15, 0.2) is 11.5 Å². The van der Waals surface area contributed by atoms with Gasteiger partial charge in [0.1, 0.15) is 12.4 Å². The lowest BCUT2D eigenvalue weighted by Crippen LogP contribution is -2.41. The average molecular weight is 601 g/mol. The van der Waals surface area contributed by atoms with E-state index >= 15 is 0 Å². The molecular weight excluding hydrogens is 572 g/mol. The number of halogens is 4. The van der Waals surface area contributed by atoms with Crippen molar-refractivity contribution in [2.75, 3.05) is 37.4 Å². The molecule has 0 atom stereocenters. The van der Waals surface area contributed by atoms with E-state index in [0.717, 1.165) is 12.1 Å². The maximum absolute atomic E-state index is 13.7. The molecule has 0 fully saturated rings. The number of hydrogen-bond donors (Lipinski definition) is 1. The van der Waals surface area contributed by atoms with Crippen molar-refractivity contribution in [3.63, 3.8) is 0 Å². The third-order valence-corrected chi connectivity index (χ3v) is 8.56. The second kappa shape index (κ2) is 13.8. The monoisotopic (exact) mass is 600 g/mol. The van der Waals surface area contributed by atoms with Crippen LogP contribution in [0.5, 0.6) is 11.5 Å². The molecule has 0 radical (unpaired) electrons. The highest BCUT2D eigenvalue weighted by atomic mass is 32.2. The predicted octanol–water partition coefficient (Wildman–Crippen LogP) is 5.50. The Kier molecular flexibility index (Phi) is 10.7. The van der Waals surface area contributed by atoms with Gasteiger partial charge in [-0.05, 0) is 54.1 Å². The summed E-state index contributed by atoms with van der Waals surface area (Å²) >= 11 is 1.47. The minimum Gasteiger partial charge on any atom is -0.493 e. The molecule has 0 heterocycles. The molecule has 216 valence electrons. The summed E-state index contributed by atoms with van der Waals surface area (Å²) < 4.78 is 92.0. The number of methoxy groups -OCH3 is 2. The topological polar surface area (TPSA) is 84.9 Å². The molecule has 0 bridgehead atoms. The molecule has 0 aliphatic carbocycles. The lowest BCUT2D eigenvalue weighted by atomic mass is 10.2. The fourth-order valence-electron chi connectivity index (χ4n) is 3.64. The molecule has 1 amide bonds. The Morgan fingerprint density at radius 2 is 1.70 bits per heavy atom. The first-order valence-corrected chi connectivity index (χ1v) is 14.6. The van der Waals surface area contributed by atoms with Gasteiger partial charge in [-0.2, -0.15) is 24.9 Å². The Bertz CT molecular complexity index is 1420. The van der Waals surface area contributed by atoms with E-state index < -0.39 is 34.2 Å². The van der Waals surface area contributed by atoms with Gasteiger partial charge in [0, 0.05) is 18.4 Å². The van der Waals surface area contributed by atoms with Crippen molar-refractivity contribution in [1.82, 2.24) is 5.32 Å². The highest BCUT2D eigenvalue weighted by molar-refractivity contribution is 7.98. The van der Waals surface area contributed by atoms with Crippen LogP contribution in [-0.4, -0.2) is 47.4 Å². The number of sulfonamides is 1. The van der Waals surface area contributed by atoms with Crippen LogP contribution in [0.25, 0.3) is 0 Å². The van der Waals surface area contributed by atoms with Crippen LogP contribution in [-0.2, 0) is 26.7 Å². The van der Waals surface area contributed by atoms with Gasteiger partial charge in [0.25, 0.3) is 10.0 Å². The van der Waals surface area contributed by atoms with E-state index in [2.05, 4.69) is 5.32 Å². The van der Waals surface area contributed by atoms with E-state index in [1.165, 1.54) is 56.3 Å². The number of carbonyl (C=O) groups excluding carboxylic acids is 1. The highest BCUT2D eigenvalue weighted by Gasteiger charge is 2.33. The zero-order valence-electron chi connectivity index (χ0n) is 21.7. The Morgan fingerprint density at radius 1 is 0.975 bits per heavy atom. The fourth-order valence-corrected chi connectivity index (χ4v) is 6.02. The van der Waals surface area contributed by atoms with Crippen molar-refractivity contribution in [3.8, 4) is 11.5 Å². The lowest BCUT2D eigenvalue weighted by Gasteiger charge is -2.25. The molecule has 0 saturated heterocycles. The zero-order chi connectivity index (χ0) is 29.3. The number of rotatable bonds is 13. The molecule has 3 rings (SSSR count). The molecular formula is C27H28F4N2O5S2. The lowest BCUT2D eigenvalue weighted by molar-refractivity contribution is -0.137. The number of carbonyl (C=O) groups is 1. The quantitative estimate of drug-likeness (QED) is 0.206. The predicted molar refractivity (Wildman–Crippen MR) is 146 cm³/mol. The molecule has 0 spiro atoms. The average Bonchev–Trinajstić information content (AvgIpc) is 2.93.